The Labute approximate surface area is 166 Å². The molecule has 0 aliphatic heterocycles. The molecule has 1 aromatic heterocycles. The molecule has 0 radical (unpaired) electrons. The number of amides is 1. The van der Waals surface area contributed by atoms with Gasteiger partial charge in [-0.2, -0.15) is 13.2 Å². The molecule has 8 heteroatoms. The number of anilines is 1. The number of aromatic nitrogens is 2. The lowest BCUT2D eigenvalue weighted by atomic mass is 9.88. The van der Waals surface area contributed by atoms with Gasteiger partial charge in [-0.25, -0.2) is 4.98 Å². The molecule has 3 aliphatic carbocycles. The van der Waals surface area contributed by atoms with Crippen molar-refractivity contribution in [2.45, 2.75) is 69.2 Å². The van der Waals surface area contributed by atoms with E-state index in [1.807, 2.05) is 0 Å². The molecule has 0 unspecified atom stereocenters. The number of carbonyl (C=O) groups excluding carboxylic acids is 1. The molecule has 1 amide bonds. The van der Waals surface area contributed by atoms with E-state index in [0.29, 0.717) is 11.0 Å². The number of fused-ring (bicyclic) bond motifs is 1. The summed E-state index contributed by atoms with van der Waals surface area (Å²) in [6.45, 7) is 0. The first-order valence-electron chi connectivity index (χ1n) is 10.4. The van der Waals surface area contributed by atoms with E-state index in [1.54, 1.807) is 4.57 Å². The van der Waals surface area contributed by atoms with Gasteiger partial charge in [-0.3, -0.25) is 10.1 Å². The van der Waals surface area contributed by atoms with Crippen LogP contribution < -0.4 is 5.32 Å². The fourth-order valence-corrected chi connectivity index (χ4v) is 4.59. The van der Waals surface area contributed by atoms with Gasteiger partial charge in [0.25, 0.3) is 0 Å². The number of halogens is 3. The predicted molar refractivity (Wildman–Crippen MR) is 101 cm³/mol. The maximum Gasteiger partial charge on any atom is 0.416 e. The Morgan fingerprint density at radius 1 is 1.14 bits per heavy atom. The summed E-state index contributed by atoms with van der Waals surface area (Å²) in [5, 5.41) is 13.8. The van der Waals surface area contributed by atoms with Crippen LogP contribution in [0.5, 0.6) is 0 Å². The summed E-state index contributed by atoms with van der Waals surface area (Å²) in [5.41, 5.74) is -0.861. The Morgan fingerprint density at radius 2 is 1.79 bits per heavy atom. The number of rotatable bonds is 6. The van der Waals surface area contributed by atoms with E-state index in [4.69, 9.17) is 0 Å². The minimum Gasteiger partial charge on any atom is -0.389 e. The van der Waals surface area contributed by atoms with Gasteiger partial charge in [0.15, 0.2) is 0 Å². The maximum absolute atomic E-state index is 13.2. The van der Waals surface area contributed by atoms with Crippen LogP contribution >= 0.6 is 0 Å². The molecule has 0 spiro atoms. The first kappa shape index (κ1) is 18.9. The first-order valence-corrected chi connectivity index (χ1v) is 10.4. The molecule has 3 fully saturated rings. The second kappa shape index (κ2) is 6.45. The van der Waals surface area contributed by atoms with Crippen LogP contribution in [-0.4, -0.2) is 26.2 Å². The number of benzene rings is 1. The molecule has 0 bridgehead atoms. The van der Waals surface area contributed by atoms with Crippen molar-refractivity contribution in [2.24, 2.45) is 11.8 Å². The average molecular weight is 407 g/mol. The number of nitrogens with one attached hydrogen (secondary N) is 1. The highest BCUT2D eigenvalue weighted by Gasteiger charge is 2.54. The zero-order valence-corrected chi connectivity index (χ0v) is 16.0. The quantitative estimate of drug-likeness (QED) is 0.732. The summed E-state index contributed by atoms with van der Waals surface area (Å²) < 4.78 is 41.3. The van der Waals surface area contributed by atoms with E-state index in [2.05, 4.69) is 10.3 Å². The Bertz CT molecular complexity index is 944. The van der Waals surface area contributed by atoms with Gasteiger partial charge >= 0.3 is 6.18 Å². The molecule has 2 aromatic rings. The van der Waals surface area contributed by atoms with Crippen LogP contribution in [0.25, 0.3) is 11.0 Å². The second-order valence-electron chi connectivity index (χ2n) is 8.86. The smallest absolute Gasteiger partial charge is 0.389 e. The molecule has 2 N–H and O–H groups in total. The predicted octanol–water partition coefficient (Wildman–Crippen LogP) is 4.66. The summed E-state index contributed by atoms with van der Waals surface area (Å²) >= 11 is 0. The third kappa shape index (κ3) is 3.41. The van der Waals surface area contributed by atoms with Gasteiger partial charge in [0, 0.05) is 6.04 Å². The van der Waals surface area contributed by atoms with Crippen molar-refractivity contribution < 1.29 is 23.1 Å². The number of hydrogen-bond acceptors (Lipinski definition) is 3. The van der Waals surface area contributed by atoms with Crippen molar-refractivity contribution >= 4 is 22.9 Å². The molecule has 0 atom stereocenters. The Kier molecular flexibility index (Phi) is 4.21. The molecule has 5 rings (SSSR count). The lowest BCUT2D eigenvalue weighted by molar-refractivity contribution is -0.137. The topological polar surface area (TPSA) is 67.2 Å². The zero-order chi connectivity index (χ0) is 20.4. The second-order valence-corrected chi connectivity index (χ2v) is 8.86. The van der Waals surface area contributed by atoms with Crippen LogP contribution in [0.4, 0.5) is 19.1 Å². The number of carbonyl (C=O) groups is 1. The van der Waals surface area contributed by atoms with Gasteiger partial charge < -0.3 is 9.67 Å². The Hall–Kier alpha value is -2.09. The minimum absolute atomic E-state index is 0.0179. The monoisotopic (exact) mass is 407 g/mol. The molecule has 1 heterocycles. The van der Waals surface area contributed by atoms with Gasteiger partial charge in [0.2, 0.25) is 11.9 Å². The van der Waals surface area contributed by atoms with Crippen LogP contribution in [0.3, 0.4) is 0 Å². The van der Waals surface area contributed by atoms with Crippen LogP contribution in [0.15, 0.2) is 18.2 Å². The lowest BCUT2D eigenvalue weighted by Gasteiger charge is -2.30. The molecule has 3 saturated carbocycles. The molecule has 156 valence electrons. The number of hydrogen-bond donors (Lipinski definition) is 2. The maximum atomic E-state index is 13.2. The number of alkyl halides is 3. The Balaban J connectivity index is 1.45. The largest absolute Gasteiger partial charge is 0.416 e. The summed E-state index contributed by atoms with van der Waals surface area (Å²) in [4.78, 5) is 17.2. The van der Waals surface area contributed by atoms with Crippen molar-refractivity contribution in [3.8, 4) is 0 Å². The van der Waals surface area contributed by atoms with Crippen LogP contribution in [0, 0.1) is 11.8 Å². The van der Waals surface area contributed by atoms with Gasteiger partial charge in [0.05, 0.1) is 28.6 Å². The minimum atomic E-state index is -4.43. The zero-order valence-electron chi connectivity index (χ0n) is 16.0. The lowest BCUT2D eigenvalue weighted by Crippen LogP contribution is -2.39. The molecular weight excluding hydrogens is 383 g/mol. The van der Waals surface area contributed by atoms with Crippen molar-refractivity contribution in [3.63, 3.8) is 0 Å². The molecule has 3 aliphatic rings. The van der Waals surface area contributed by atoms with Gasteiger partial charge in [-0.1, -0.05) is 0 Å². The highest BCUT2D eigenvalue weighted by molar-refractivity contribution is 5.92. The van der Waals surface area contributed by atoms with E-state index in [-0.39, 0.29) is 36.2 Å². The van der Waals surface area contributed by atoms with Crippen LogP contribution in [0.1, 0.15) is 63.0 Å². The van der Waals surface area contributed by atoms with Crippen LogP contribution in [0.2, 0.25) is 0 Å². The van der Waals surface area contributed by atoms with Crippen molar-refractivity contribution in [2.75, 3.05) is 5.32 Å². The fraction of sp³-hybridized carbons (Fsp3) is 0.619. The molecule has 5 nitrogen and oxygen atoms in total. The van der Waals surface area contributed by atoms with Crippen molar-refractivity contribution in [1.29, 1.82) is 0 Å². The van der Waals surface area contributed by atoms with Crippen molar-refractivity contribution in [1.82, 2.24) is 9.55 Å². The van der Waals surface area contributed by atoms with E-state index in [1.165, 1.54) is 6.07 Å². The van der Waals surface area contributed by atoms with E-state index in [0.717, 1.165) is 57.1 Å². The average Bonchev–Trinajstić information content (AvgIpc) is 3.50. The molecule has 1 aromatic carbocycles. The molecule has 29 heavy (non-hydrogen) atoms. The Morgan fingerprint density at radius 3 is 2.31 bits per heavy atom. The summed E-state index contributed by atoms with van der Waals surface area (Å²) in [5.74, 6) is 0.322. The molecular formula is C21H24F3N3O2. The number of imidazole rings is 1. The highest BCUT2D eigenvalue weighted by atomic mass is 19.4. The fourth-order valence-electron chi connectivity index (χ4n) is 4.59. The standard InChI is InChI=1S/C21H24F3N3O2/c22-21(23,24)14-8-9-16-17(10-14)27(15-2-1-3-15)19(25-16)26-18(28)11-20(29,12-4-5-12)13-6-7-13/h8-10,12-13,15,29H,1-7,11H2,(H,25,26,28). The normalized spacial score (nSPS) is 20.7. The van der Waals surface area contributed by atoms with Gasteiger partial charge in [0.1, 0.15) is 0 Å². The van der Waals surface area contributed by atoms with E-state index < -0.39 is 17.3 Å². The van der Waals surface area contributed by atoms with Crippen LogP contribution in [-0.2, 0) is 11.0 Å². The highest BCUT2D eigenvalue weighted by Crippen LogP contribution is 2.53. The van der Waals surface area contributed by atoms with E-state index >= 15 is 0 Å². The number of nitrogens with zero attached hydrogens (tertiary/aromatic N) is 2. The SMILES string of the molecule is O=C(CC(O)(C1CC1)C1CC1)Nc1nc2ccc(C(F)(F)F)cc2n1C1CCC1. The molecule has 0 saturated heterocycles. The van der Waals surface area contributed by atoms with Gasteiger partial charge in [-0.15, -0.1) is 0 Å². The summed E-state index contributed by atoms with van der Waals surface area (Å²) in [6, 6.07) is 3.52. The van der Waals surface area contributed by atoms with E-state index in [9.17, 15) is 23.1 Å². The third-order valence-corrected chi connectivity index (χ3v) is 6.72. The number of aliphatic hydroxyl groups is 1. The summed E-state index contributed by atoms with van der Waals surface area (Å²) in [6.07, 6.45) is 2.06. The van der Waals surface area contributed by atoms with Crippen molar-refractivity contribution in [3.05, 3.63) is 23.8 Å². The van der Waals surface area contributed by atoms with Gasteiger partial charge in [-0.05, 0) is 75.0 Å². The summed E-state index contributed by atoms with van der Waals surface area (Å²) in [7, 11) is 0. The third-order valence-electron chi connectivity index (χ3n) is 6.72. The first-order chi connectivity index (χ1) is 13.8.